The van der Waals surface area contributed by atoms with Crippen molar-refractivity contribution in [2.75, 3.05) is 5.32 Å². The number of nitrogens with zero attached hydrogens (tertiary/aromatic N) is 4. The van der Waals surface area contributed by atoms with Crippen molar-refractivity contribution < 1.29 is 0 Å². The third kappa shape index (κ3) is 3.54. The van der Waals surface area contributed by atoms with E-state index in [1.807, 2.05) is 24.7 Å². The molecule has 0 aliphatic rings. The van der Waals surface area contributed by atoms with Crippen molar-refractivity contribution in [2.45, 2.75) is 20.8 Å². The largest absolute Gasteiger partial charge is 0.358 e. The summed E-state index contributed by atoms with van der Waals surface area (Å²) in [6.07, 6.45) is 9.07. The van der Waals surface area contributed by atoms with E-state index in [1.165, 1.54) is 0 Å². The second kappa shape index (κ2) is 7.05. The minimum atomic E-state index is -0.0444. The van der Waals surface area contributed by atoms with Gasteiger partial charge in [-0.2, -0.15) is 5.10 Å². The Labute approximate surface area is 179 Å². The quantitative estimate of drug-likeness (QED) is 0.362. The standard InChI is InChI=1S/C24H23N7/c1-14(24(2,3)4)28-18-7-15(10-26-13-18)16-8-19-22(30-31-23(19)27-12-16)21-9-17-11-25-6-5-20(17)29-21/h5-13,28-29H,1H2,2-4H3,(H,27,30,31). The van der Waals surface area contributed by atoms with Gasteiger partial charge >= 0.3 is 0 Å². The van der Waals surface area contributed by atoms with Crippen molar-refractivity contribution in [3.8, 4) is 22.5 Å². The fourth-order valence-corrected chi connectivity index (χ4v) is 3.40. The molecule has 5 heterocycles. The summed E-state index contributed by atoms with van der Waals surface area (Å²) in [6.45, 7) is 10.5. The normalized spacial score (nSPS) is 11.8. The summed E-state index contributed by atoms with van der Waals surface area (Å²) < 4.78 is 0. The van der Waals surface area contributed by atoms with E-state index in [2.05, 4.69) is 81.0 Å². The van der Waals surface area contributed by atoms with Crippen LogP contribution in [-0.4, -0.2) is 30.1 Å². The maximum Gasteiger partial charge on any atom is 0.181 e. The first-order chi connectivity index (χ1) is 14.9. The molecule has 0 aliphatic carbocycles. The number of pyridine rings is 3. The number of aromatic amines is 2. The highest BCUT2D eigenvalue weighted by Gasteiger charge is 2.16. The molecule has 5 aromatic rings. The number of hydrogen-bond donors (Lipinski definition) is 3. The first-order valence-electron chi connectivity index (χ1n) is 10.1. The number of allylic oxidation sites excluding steroid dienone is 1. The Morgan fingerprint density at radius 2 is 1.84 bits per heavy atom. The number of nitrogens with one attached hydrogen (secondary N) is 3. The van der Waals surface area contributed by atoms with Crippen molar-refractivity contribution in [1.29, 1.82) is 0 Å². The van der Waals surface area contributed by atoms with E-state index in [4.69, 9.17) is 0 Å². The second-order valence-electron chi connectivity index (χ2n) is 8.66. The van der Waals surface area contributed by atoms with Gasteiger partial charge in [0.25, 0.3) is 0 Å². The van der Waals surface area contributed by atoms with Crippen LogP contribution in [0.1, 0.15) is 20.8 Å². The number of rotatable bonds is 4. The molecule has 0 saturated heterocycles. The van der Waals surface area contributed by atoms with E-state index in [0.29, 0.717) is 5.65 Å². The maximum atomic E-state index is 4.55. The molecule has 5 aromatic heterocycles. The Bertz CT molecular complexity index is 1390. The van der Waals surface area contributed by atoms with Crippen LogP contribution < -0.4 is 5.32 Å². The molecule has 31 heavy (non-hydrogen) atoms. The number of aromatic nitrogens is 6. The average Bonchev–Trinajstić information content (AvgIpc) is 3.36. The Balaban J connectivity index is 1.54. The molecule has 7 nitrogen and oxygen atoms in total. The molecule has 0 amide bonds. The third-order valence-electron chi connectivity index (χ3n) is 5.37. The van der Waals surface area contributed by atoms with Crippen LogP contribution in [0.25, 0.3) is 44.5 Å². The molecule has 0 saturated carbocycles. The van der Waals surface area contributed by atoms with Crippen LogP contribution in [-0.2, 0) is 0 Å². The van der Waals surface area contributed by atoms with Crippen LogP contribution >= 0.6 is 0 Å². The molecule has 0 radical (unpaired) electrons. The number of H-pyrrole nitrogens is 2. The third-order valence-corrected chi connectivity index (χ3v) is 5.37. The molecule has 0 aromatic carbocycles. The van der Waals surface area contributed by atoms with Gasteiger partial charge in [0, 0.05) is 63.3 Å². The second-order valence-corrected chi connectivity index (χ2v) is 8.66. The zero-order chi connectivity index (χ0) is 21.6. The molecule has 0 bridgehead atoms. The van der Waals surface area contributed by atoms with Crippen LogP contribution in [0.4, 0.5) is 5.69 Å². The fourth-order valence-electron chi connectivity index (χ4n) is 3.40. The lowest BCUT2D eigenvalue weighted by Gasteiger charge is -2.23. The van der Waals surface area contributed by atoms with Crippen LogP contribution in [0.5, 0.6) is 0 Å². The molecular weight excluding hydrogens is 386 g/mol. The lowest BCUT2D eigenvalue weighted by Crippen LogP contribution is -2.15. The SMILES string of the molecule is C=C(Nc1cncc(-c2cnc3n[nH]c(-c4cc5cnccc5[nH]4)c3c2)c1)C(C)(C)C. The maximum absolute atomic E-state index is 4.55. The van der Waals surface area contributed by atoms with Crippen molar-refractivity contribution in [3.05, 3.63) is 67.5 Å². The minimum absolute atomic E-state index is 0.0444. The lowest BCUT2D eigenvalue weighted by atomic mass is 9.93. The summed E-state index contributed by atoms with van der Waals surface area (Å²) >= 11 is 0. The van der Waals surface area contributed by atoms with Crippen molar-refractivity contribution in [3.63, 3.8) is 0 Å². The van der Waals surface area contributed by atoms with Gasteiger partial charge in [0.2, 0.25) is 0 Å². The number of anilines is 1. The Kier molecular flexibility index (Phi) is 4.32. The van der Waals surface area contributed by atoms with Crippen LogP contribution in [0.3, 0.4) is 0 Å². The number of fused-ring (bicyclic) bond motifs is 2. The lowest BCUT2D eigenvalue weighted by molar-refractivity contribution is 0.509. The molecule has 0 unspecified atom stereocenters. The van der Waals surface area contributed by atoms with Gasteiger partial charge in [0.05, 0.1) is 23.3 Å². The van der Waals surface area contributed by atoms with E-state index in [0.717, 1.165) is 50.2 Å². The highest BCUT2D eigenvalue weighted by molar-refractivity contribution is 5.95. The van der Waals surface area contributed by atoms with Crippen LogP contribution in [0.15, 0.2) is 67.5 Å². The molecular formula is C24H23N7. The van der Waals surface area contributed by atoms with Gasteiger partial charge in [-0.25, -0.2) is 4.98 Å². The van der Waals surface area contributed by atoms with Gasteiger partial charge in [-0.15, -0.1) is 0 Å². The van der Waals surface area contributed by atoms with E-state index in [9.17, 15) is 0 Å². The summed E-state index contributed by atoms with van der Waals surface area (Å²) in [6, 6.07) is 8.16. The van der Waals surface area contributed by atoms with Crippen LogP contribution in [0.2, 0.25) is 0 Å². The molecule has 7 heteroatoms. The van der Waals surface area contributed by atoms with Gasteiger partial charge in [-0.1, -0.05) is 27.4 Å². The first kappa shape index (κ1) is 19.0. The Morgan fingerprint density at radius 1 is 1.00 bits per heavy atom. The van der Waals surface area contributed by atoms with Crippen molar-refractivity contribution in [1.82, 2.24) is 30.1 Å². The molecule has 3 N–H and O–H groups in total. The number of hydrogen-bond acceptors (Lipinski definition) is 5. The summed E-state index contributed by atoms with van der Waals surface area (Å²) in [5, 5.41) is 12.8. The van der Waals surface area contributed by atoms with Crippen LogP contribution in [0, 0.1) is 5.41 Å². The van der Waals surface area contributed by atoms with E-state index in [1.54, 1.807) is 12.4 Å². The predicted octanol–water partition coefficient (Wildman–Crippen LogP) is 5.53. The van der Waals surface area contributed by atoms with Gasteiger partial charge in [0.1, 0.15) is 0 Å². The van der Waals surface area contributed by atoms with Gasteiger partial charge < -0.3 is 10.3 Å². The fraction of sp³-hybridized carbons (Fsp3) is 0.167. The molecule has 154 valence electrons. The summed E-state index contributed by atoms with van der Waals surface area (Å²) in [5.74, 6) is 0. The van der Waals surface area contributed by atoms with Gasteiger partial charge in [-0.3, -0.25) is 15.1 Å². The predicted molar refractivity (Wildman–Crippen MR) is 124 cm³/mol. The molecule has 0 fully saturated rings. The summed E-state index contributed by atoms with van der Waals surface area (Å²) in [4.78, 5) is 16.6. The highest BCUT2D eigenvalue weighted by atomic mass is 15.2. The van der Waals surface area contributed by atoms with Crippen molar-refractivity contribution >= 4 is 27.6 Å². The van der Waals surface area contributed by atoms with Crippen molar-refractivity contribution in [2.24, 2.45) is 5.41 Å². The summed E-state index contributed by atoms with van der Waals surface area (Å²) in [5.41, 5.74) is 7.25. The van der Waals surface area contributed by atoms with E-state index < -0.39 is 0 Å². The Hall–Kier alpha value is -4.00. The smallest absolute Gasteiger partial charge is 0.181 e. The Morgan fingerprint density at radius 3 is 2.65 bits per heavy atom. The van der Waals surface area contributed by atoms with Gasteiger partial charge in [0.15, 0.2) is 5.65 Å². The summed E-state index contributed by atoms with van der Waals surface area (Å²) in [7, 11) is 0. The molecule has 0 atom stereocenters. The topological polar surface area (TPSA) is 95.2 Å². The first-order valence-corrected chi connectivity index (χ1v) is 10.1. The minimum Gasteiger partial charge on any atom is -0.358 e. The van der Waals surface area contributed by atoms with E-state index in [-0.39, 0.29) is 5.41 Å². The average molecular weight is 409 g/mol. The highest BCUT2D eigenvalue weighted by Crippen LogP contribution is 2.31. The van der Waals surface area contributed by atoms with E-state index >= 15 is 0 Å². The zero-order valence-electron chi connectivity index (χ0n) is 17.7. The van der Waals surface area contributed by atoms with Gasteiger partial charge in [-0.05, 0) is 24.3 Å². The molecule has 5 rings (SSSR count). The molecule has 0 aliphatic heterocycles. The zero-order valence-corrected chi connectivity index (χ0v) is 17.7. The monoisotopic (exact) mass is 409 g/mol. The molecule has 0 spiro atoms.